The number of hydrogen-bond donors (Lipinski definition) is 3. The van der Waals surface area contributed by atoms with Crippen molar-refractivity contribution in [3.05, 3.63) is 57.6 Å². The van der Waals surface area contributed by atoms with Gasteiger partial charge in [0.25, 0.3) is 0 Å². The molecule has 5 atom stereocenters. The molecule has 31 heavy (non-hydrogen) atoms. The quantitative estimate of drug-likeness (QED) is 0.602. The Bertz CT molecular complexity index is 919. The van der Waals surface area contributed by atoms with Gasteiger partial charge in [0, 0.05) is 12.0 Å². The zero-order chi connectivity index (χ0) is 22.1. The molecule has 0 saturated carbocycles. The highest BCUT2D eigenvalue weighted by Crippen LogP contribution is 2.45. The van der Waals surface area contributed by atoms with Crippen LogP contribution in [0.15, 0.2) is 30.3 Å². The Balaban J connectivity index is 1.70. The molecule has 0 amide bonds. The van der Waals surface area contributed by atoms with Gasteiger partial charge in [0.15, 0.2) is 0 Å². The van der Waals surface area contributed by atoms with Crippen LogP contribution in [0.3, 0.4) is 0 Å². The fourth-order valence-corrected chi connectivity index (χ4v) is 5.14. The number of halogens is 1. The maximum Gasteiger partial charge on any atom is 0.141 e. The third-order valence-electron chi connectivity index (χ3n) is 5.77. The van der Waals surface area contributed by atoms with Crippen LogP contribution in [0.5, 0.6) is 11.5 Å². The van der Waals surface area contributed by atoms with E-state index in [0.29, 0.717) is 36.8 Å². The molecule has 1 fully saturated rings. The summed E-state index contributed by atoms with van der Waals surface area (Å²) in [5, 5.41) is 31.9. The van der Waals surface area contributed by atoms with Crippen LogP contribution in [-0.2, 0) is 17.6 Å². The van der Waals surface area contributed by atoms with E-state index >= 15 is 0 Å². The summed E-state index contributed by atoms with van der Waals surface area (Å²) in [5.74, 6) is 1.42. The van der Waals surface area contributed by atoms with Gasteiger partial charge in [0.2, 0.25) is 0 Å². The van der Waals surface area contributed by atoms with Crippen LogP contribution in [0.1, 0.15) is 35.3 Å². The molecule has 2 aromatic rings. The molecule has 2 aliphatic rings. The topological polar surface area (TPSA) is 88.4 Å². The summed E-state index contributed by atoms with van der Waals surface area (Å²) in [5.41, 5.74) is 2.88. The molecular weight excluding hydrogens is 440 g/mol. The van der Waals surface area contributed by atoms with Crippen molar-refractivity contribution in [1.29, 1.82) is 0 Å². The molecule has 1 saturated heterocycles. The fraction of sp³-hybridized carbons (Fsp3) is 0.478. The molecule has 2 aliphatic heterocycles. The van der Waals surface area contributed by atoms with Crippen LogP contribution in [-0.4, -0.2) is 58.5 Å². The molecule has 0 aromatic heterocycles. The summed E-state index contributed by atoms with van der Waals surface area (Å²) in [6.07, 6.45) is -1.52. The normalized spacial score (nSPS) is 27.6. The van der Waals surface area contributed by atoms with Gasteiger partial charge < -0.3 is 29.5 Å². The summed E-state index contributed by atoms with van der Waals surface area (Å²) < 4.78 is 17.3. The third-order valence-corrected chi connectivity index (χ3v) is 7.04. The second kappa shape index (κ2) is 9.57. The van der Waals surface area contributed by atoms with Crippen molar-refractivity contribution in [3.63, 3.8) is 0 Å². The Morgan fingerprint density at radius 1 is 1.13 bits per heavy atom. The van der Waals surface area contributed by atoms with Gasteiger partial charge in [-0.15, -0.1) is 11.8 Å². The van der Waals surface area contributed by atoms with Crippen molar-refractivity contribution >= 4 is 23.4 Å². The summed E-state index contributed by atoms with van der Waals surface area (Å²) in [4.78, 5) is 0. The van der Waals surface area contributed by atoms with E-state index in [1.54, 1.807) is 6.26 Å². The summed E-state index contributed by atoms with van der Waals surface area (Å²) in [6, 6.07) is 9.76. The zero-order valence-electron chi connectivity index (χ0n) is 17.5. The van der Waals surface area contributed by atoms with E-state index in [9.17, 15) is 15.3 Å². The summed E-state index contributed by atoms with van der Waals surface area (Å²) in [7, 11) is 0. The SMILES string of the molecule is CCOc1ccc(Cc2cc([C@@H]3O[C@H](SC)[C@@H](O)[C@H](O)[C@H]3O)c3c(c2Cl)OCC3)cc1. The van der Waals surface area contributed by atoms with Crippen LogP contribution in [0.2, 0.25) is 5.02 Å². The number of rotatable bonds is 6. The number of thioether (sulfide) groups is 1. The average Bonchev–Trinajstić information content (AvgIpc) is 3.27. The second-order valence-electron chi connectivity index (χ2n) is 7.73. The van der Waals surface area contributed by atoms with Gasteiger partial charge in [-0.25, -0.2) is 0 Å². The largest absolute Gasteiger partial charge is 0.494 e. The Morgan fingerprint density at radius 3 is 2.55 bits per heavy atom. The van der Waals surface area contributed by atoms with E-state index in [2.05, 4.69) is 0 Å². The first-order valence-corrected chi connectivity index (χ1v) is 12.0. The highest BCUT2D eigenvalue weighted by Gasteiger charge is 2.45. The highest BCUT2D eigenvalue weighted by atomic mass is 35.5. The van der Waals surface area contributed by atoms with Crippen molar-refractivity contribution in [3.8, 4) is 11.5 Å². The zero-order valence-corrected chi connectivity index (χ0v) is 19.0. The average molecular weight is 467 g/mol. The van der Waals surface area contributed by atoms with Gasteiger partial charge in [-0.2, -0.15) is 0 Å². The monoisotopic (exact) mass is 466 g/mol. The van der Waals surface area contributed by atoms with E-state index in [1.165, 1.54) is 11.8 Å². The first-order valence-electron chi connectivity index (χ1n) is 10.4. The molecule has 3 N–H and O–H groups in total. The molecule has 2 aromatic carbocycles. The van der Waals surface area contributed by atoms with Crippen molar-refractivity contribution in [2.24, 2.45) is 0 Å². The minimum absolute atomic E-state index is 0.495. The van der Waals surface area contributed by atoms with E-state index in [-0.39, 0.29) is 0 Å². The lowest BCUT2D eigenvalue weighted by atomic mass is 9.88. The molecule has 0 bridgehead atoms. The molecule has 0 aliphatic carbocycles. The first-order chi connectivity index (χ1) is 14.9. The van der Waals surface area contributed by atoms with E-state index in [4.69, 9.17) is 25.8 Å². The van der Waals surface area contributed by atoms with E-state index in [1.807, 2.05) is 37.3 Å². The maximum atomic E-state index is 10.7. The van der Waals surface area contributed by atoms with Crippen LogP contribution in [0.25, 0.3) is 0 Å². The number of hydrogen-bond acceptors (Lipinski definition) is 7. The Labute approximate surface area is 191 Å². The van der Waals surface area contributed by atoms with Gasteiger partial charge in [-0.3, -0.25) is 0 Å². The van der Waals surface area contributed by atoms with E-state index < -0.39 is 29.9 Å². The maximum absolute atomic E-state index is 10.7. The molecule has 0 radical (unpaired) electrons. The fourth-order valence-electron chi connectivity index (χ4n) is 4.18. The molecule has 6 nitrogen and oxygen atoms in total. The van der Waals surface area contributed by atoms with Gasteiger partial charge in [0.05, 0.1) is 18.2 Å². The lowest BCUT2D eigenvalue weighted by Crippen LogP contribution is -2.53. The smallest absolute Gasteiger partial charge is 0.141 e. The van der Waals surface area contributed by atoms with Crippen LogP contribution < -0.4 is 9.47 Å². The Hall–Kier alpha value is -1.48. The summed E-state index contributed by atoms with van der Waals surface area (Å²) >= 11 is 7.99. The molecular formula is C23H27ClO6S. The molecule has 168 valence electrons. The van der Waals surface area contributed by atoms with Gasteiger partial charge >= 0.3 is 0 Å². The number of ether oxygens (including phenoxy) is 3. The third kappa shape index (κ3) is 4.40. The minimum Gasteiger partial charge on any atom is -0.494 e. The lowest BCUT2D eigenvalue weighted by Gasteiger charge is -2.40. The summed E-state index contributed by atoms with van der Waals surface area (Å²) in [6.45, 7) is 3.05. The second-order valence-corrected chi connectivity index (χ2v) is 9.05. The number of benzene rings is 2. The van der Waals surface area contributed by atoms with Gasteiger partial charge in [-0.1, -0.05) is 29.8 Å². The molecule has 0 spiro atoms. The standard InChI is InChI=1S/C23H27ClO6S/c1-3-28-14-6-4-12(5-7-14)10-13-11-16(15-8-9-29-21(15)17(13)24)22-19(26)18(25)20(27)23(30-22)31-2/h4-7,11,18-20,22-23,25-27H,3,8-10H2,1-2H3/t18-,19-,20+,22+,23-/m1/s1. The molecule has 4 rings (SSSR count). The number of fused-ring (bicyclic) bond motifs is 1. The van der Waals surface area contributed by atoms with Crippen LogP contribution in [0, 0.1) is 0 Å². The van der Waals surface area contributed by atoms with Crippen molar-refractivity contribution in [2.45, 2.75) is 49.6 Å². The first kappa shape index (κ1) is 22.7. The van der Waals surface area contributed by atoms with Gasteiger partial charge in [0.1, 0.15) is 41.4 Å². The predicted molar refractivity (Wildman–Crippen MR) is 120 cm³/mol. The van der Waals surface area contributed by atoms with Gasteiger partial charge in [-0.05, 0) is 48.4 Å². The number of aliphatic hydroxyl groups is 3. The van der Waals surface area contributed by atoms with E-state index in [0.717, 1.165) is 28.0 Å². The Morgan fingerprint density at radius 2 is 1.87 bits per heavy atom. The predicted octanol–water partition coefficient (Wildman–Crippen LogP) is 3.11. The van der Waals surface area contributed by atoms with Crippen LogP contribution >= 0.6 is 23.4 Å². The molecule has 8 heteroatoms. The minimum atomic E-state index is -1.31. The molecule has 2 heterocycles. The van der Waals surface area contributed by atoms with Crippen molar-refractivity contribution < 1.29 is 29.5 Å². The van der Waals surface area contributed by atoms with Crippen molar-refractivity contribution in [2.75, 3.05) is 19.5 Å². The van der Waals surface area contributed by atoms with Crippen LogP contribution in [0.4, 0.5) is 0 Å². The van der Waals surface area contributed by atoms with Crippen molar-refractivity contribution in [1.82, 2.24) is 0 Å². The molecule has 0 unspecified atom stereocenters. The number of aliphatic hydroxyl groups excluding tert-OH is 3. The Kier molecular flexibility index (Phi) is 7.01. The lowest BCUT2D eigenvalue weighted by molar-refractivity contribution is -0.200. The highest BCUT2D eigenvalue weighted by molar-refractivity contribution is 7.99.